The molecule has 17 heavy (non-hydrogen) atoms. The third kappa shape index (κ3) is 2.55. The minimum atomic E-state index is -4.49. The maximum absolute atomic E-state index is 12.7. The largest absolute Gasteiger partial charge is 0.433 e. The molecule has 1 aliphatic rings. The zero-order valence-electron chi connectivity index (χ0n) is 9.00. The predicted molar refractivity (Wildman–Crippen MR) is 53.1 cm³/mol. The van der Waals surface area contributed by atoms with Crippen LogP contribution in [-0.2, 0) is 17.5 Å². The number of nitrogens with zero attached hydrogens (tertiary/aromatic N) is 2. The highest BCUT2D eigenvalue weighted by Gasteiger charge is 2.36. The van der Waals surface area contributed by atoms with Gasteiger partial charge in [0, 0.05) is 30.8 Å². The lowest BCUT2D eigenvalue weighted by Crippen LogP contribution is -2.18. The van der Waals surface area contributed by atoms with E-state index in [9.17, 15) is 13.2 Å². The van der Waals surface area contributed by atoms with Crippen molar-refractivity contribution in [2.45, 2.75) is 25.1 Å². The van der Waals surface area contributed by atoms with Crippen molar-refractivity contribution in [1.82, 2.24) is 9.97 Å². The molecule has 0 saturated carbocycles. The topological polar surface area (TPSA) is 61.0 Å². The van der Waals surface area contributed by atoms with Crippen LogP contribution < -0.4 is 5.73 Å². The van der Waals surface area contributed by atoms with Gasteiger partial charge in [0.05, 0.1) is 6.61 Å². The van der Waals surface area contributed by atoms with E-state index in [0.717, 1.165) is 6.20 Å². The van der Waals surface area contributed by atoms with Gasteiger partial charge < -0.3 is 10.5 Å². The summed E-state index contributed by atoms with van der Waals surface area (Å²) in [6.07, 6.45) is -2.69. The molecule has 1 unspecified atom stereocenters. The second-order valence-electron chi connectivity index (χ2n) is 3.86. The van der Waals surface area contributed by atoms with Gasteiger partial charge in [0.25, 0.3) is 0 Å². The Morgan fingerprint density at radius 2 is 2.24 bits per heavy atom. The summed E-state index contributed by atoms with van der Waals surface area (Å²) in [7, 11) is 0. The van der Waals surface area contributed by atoms with Crippen LogP contribution in [0.5, 0.6) is 0 Å². The Morgan fingerprint density at radius 1 is 1.47 bits per heavy atom. The van der Waals surface area contributed by atoms with E-state index >= 15 is 0 Å². The molecule has 1 saturated heterocycles. The van der Waals surface area contributed by atoms with E-state index in [0.29, 0.717) is 19.6 Å². The van der Waals surface area contributed by atoms with Crippen LogP contribution in [-0.4, -0.2) is 23.2 Å². The second-order valence-corrected chi connectivity index (χ2v) is 3.86. The van der Waals surface area contributed by atoms with Gasteiger partial charge in [0.2, 0.25) is 0 Å². The Bertz CT molecular complexity index is 402. The van der Waals surface area contributed by atoms with E-state index in [-0.39, 0.29) is 23.9 Å². The monoisotopic (exact) mass is 247 g/mol. The van der Waals surface area contributed by atoms with E-state index in [2.05, 4.69) is 9.97 Å². The van der Waals surface area contributed by atoms with Crippen molar-refractivity contribution in [2.75, 3.05) is 13.2 Å². The number of alkyl halides is 3. The fourth-order valence-electron chi connectivity index (χ4n) is 1.75. The zero-order chi connectivity index (χ0) is 12.5. The van der Waals surface area contributed by atoms with Gasteiger partial charge in [-0.2, -0.15) is 13.2 Å². The average Bonchev–Trinajstić information content (AvgIpc) is 2.80. The van der Waals surface area contributed by atoms with Crippen LogP contribution in [0.4, 0.5) is 13.2 Å². The predicted octanol–water partition coefficient (Wildman–Crippen LogP) is 1.46. The first kappa shape index (κ1) is 12.3. The average molecular weight is 247 g/mol. The summed E-state index contributed by atoms with van der Waals surface area (Å²) >= 11 is 0. The van der Waals surface area contributed by atoms with Crippen LogP contribution >= 0.6 is 0 Å². The van der Waals surface area contributed by atoms with Crippen LogP contribution in [0.3, 0.4) is 0 Å². The summed E-state index contributed by atoms with van der Waals surface area (Å²) < 4.78 is 43.3. The molecule has 4 nitrogen and oxygen atoms in total. The maximum Gasteiger partial charge on any atom is 0.433 e. The Morgan fingerprint density at radius 3 is 2.76 bits per heavy atom. The van der Waals surface area contributed by atoms with Gasteiger partial charge in [-0.1, -0.05) is 0 Å². The van der Waals surface area contributed by atoms with Gasteiger partial charge in [-0.3, -0.25) is 0 Å². The van der Waals surface area contributed by atoms with Crippen LogP contribution in [0.1, 0.15) is 29.4 Å². The normalized spacial score (nSPS) is 20.8. The summed E-state index contributed by atoms with van der Waals surface area (Å²) in [5, 5.41) is 0. The number of hydrogen-bond acceptors (Lipinski definition) is 4. The number of aromatic nitrogens is 2. The standard InChI is InChI=1S/C10H12F3N3O/c11-10(12,13)8-7(3-14)4-15-9(16-8)6-1-2-17-5-6/h4,6H,1-3,5,14H2. The first-order chi connectivity index (χ1) is 8.02. The molecule has 1 aromatic rings. The highest BCUT2D eigenvalue weighted by Crippen LogP contribution is 2.31. The summed E-state index contributed by atoms with van der Waals surface area (Å²) in [5.41, 5.74) is 4.23. The van der Waals surface area contributed by atoms with Crippen molar-refractivity contribution in [2.24, 2.45) is 5.73 Å². The molecule has 0 radical (unpaired) electrons. The summed E-state index contributed by atoms with van der Waals surface area (Å²) in [5.74, 6) is 0.0370. The van der Waals surface area contributed by atoms with Crippen LogP contribution in [0.2, 0.25) is 0 Å². The molecule has 0 aromatic carbocycles. The summed E-state index contributed by atoms with van der Waals surface area (Å²) in [4.78, 5) is 7.54. The van der Waals surface area contributed by atoms with Gasteiger partial charge in [-0.25, -0.2) is 9.97 Å². The van der Waals surface area contributed by atoms with Gasteiger partial charge in [0.1, 0.15) is 5.82 Å². The first-order valence-corrected chi connectivity index (χ1v) is 5.23. The van der Waals surface area contributed by atoms with Crippen molar-refractivity contribution < 1.29 is 17.9 Å². The number of rotatable bonds is 2. The lowest BCUT2D eigenvalue weighted by Gasteiger charge is -2.13. The number of nitrogens with two attached hydrogens (primary N) is 1. The van der Waals surface area contributed by atoms with Crippen molar-refractivity contribution in [3.05, 3.63) is 23.3 Å². The molecule has 2 heterocycles. The molecule has 94 valence electrons. The third-order valence-electron chi connectivity index (χ3n) is 2.67. The second kappa shape index (κ2) is 4.58. The number of halogens is 3. The summed E-state index contributed by atoms with van der Waals surface area (Å²) in [6.45, 7) is 0.684. The van der Waals surface area contributed by atoms with Gasteiger partial charge >= 0.3 is 6.18 Å². The van der Waals surface area contributed by atoms with Crippen LogP contribution in [0, 0.1) is 0 Å². The van der Waals surface area contributed by atoms with Crippen LogP contribution in [0.25, 0.3) is 0 Å². The third-order valence-corrected chi connectivity index (χ3v) is 2.67. The van der Waals surface area contributed by atoms with E-state index in [4.69, 9.17) is 10.5 Å². The van der Waals surface area contributed by atoms with E-state index < -0.39 is 11.9 Å². The molecule has 1 aromatic heterocycles. The van der Waals surface area contributed by atoms with Crippen molar-refractivity contribution in [3.8, 4) is 0 Å². The SMILES string of the molecule is NCc1cnc(C2CCOC2)nc1C(F)(F)F. The molecule has 1 atom stereocenters. The first-order valence-electron chi connectivity index (χ1n) is 5.23. The fraction of sp³-hybridized carbons (Fsp3) is 0.600. The highest BCUT2D eigenvalue weighted by molar-refractivity contribution is 5.21. The molecule has 7 heteroatoms. The van der Waals surface area contributed by atoms with Crippen molar-refractivity contribution in [3.63, 3.8) is 0 Å². The lowest BCUT2D eigenvalue weighted by atomic mass is 10.1. The minimum absolute atomic E-state index is 0.0832. The van der Waals surface area contributed by atoms with E-state index in [1.54, 1.807) is 0 Å². The molecular weight excluding hydrogens is 235 g/mol. The molecule has 0 bridgehead atoms. The lowest BCUT2D eigenvalue weighted by molar-refractivity contribution is -0.142. The Kier molecular flexibility index (Phi) is 3.30. The molecule has 1 aliphatic heterocycles. The van der Waals surface area contributed by atoms with Gasteiger partial charge in [-0.05, 0) is 6.42 Å². The fourth-order valence-corrected chi connectivity index (χ4v) is 1.75. The molecular formula is C10H12F3N3O. The molecule has 0 spiro atoms. The maximum atomic E-state index is 12.7. The Labute approximate surface area is 96.0 Å². The number of hydrogen-bond donors (Lipinski definition) is 1. The quantitative estimate of drug-likeness (QED) is 0.859. The molecule has 0 amide bonds. The van der Waals surface area contributed by atoms with Crippen molar-refractivity contribution >= 4 is 0 Å². The molecule has 0 aliphatic carbocycles. The molecule has 2 N–H and O–H groups in total. The van der Waals surface area contributed by atoms with Crippen molar-refractivity contribution in [1.29, 1.82) is 0 Å². The molecule has 2 rings (SSSR count). The molecule has 1 fully saturated rings. The smallest absolute Gasteiger partial charge is 0.381 e. The minimum Gasteiger partial charge on any atom is -0.381 e. The van der Waals surface area contributed by atoms with Gasteiger partial charge in [-0.15, -0.1) is 0 Å². The van der Waals surface area contributed by atoms with Crippen LogP contribution in [0.15, 0.2) is 6.20 Å². The zero-order valence-corrected chi connectivity index (χ0v) is 9.00. The van der Waals surface area contributed by atoms with Gasteiger partial charge in [0.15, 0.2) is 5.69 Å². The summed E-state index contributed by atoms with van der Waals surface area (Å²) in [6, 6.07) is 0. The number of ether oxygens (including phenoxy) is 1. The van der Waals surface area contributed by atoms with E-state index in [1.807, 2.05) is 0 Å². The Balaban J connectivity index is 2.37. The van der Waals surface area contributed by atoms with E-state index in [1.165, 1.54) is 0 Å². The Hall–Kier alpha value is -1.21. The highest BCUT2D eigenvalue weighted by atomic mass is 19.4.